The lowest BCUT2D eigenvalue weighted by atomic mass is 10.1. The van der Waals surface area contributed by atoms with Crippen molar-refractivity contribution in [1.82, 2.24) is 29.4 Å². The van der Waals surface area contributed by atoms with Crippen LogP contribution in [0.15, 0.2) is 35.1 Å². The Morgan fingerprint density at radius 2 is 1.83 bits per heavy atom. The molecule has 4 heterocycles. The van der Waals surface area contributed by atoms with Crippen molar-refractivity contribution in [1.29, 1.82) is 0 Å². The number of halogens is 2. The Morgan fingerprint density at radius 3 is 2.48 bits per heavy atom. The Balaban J connectivity index is 1.86. The molecular weight excluding hydrogens is 561 g/mol. The number of fused-ring (bicyclic) bond motifs is 1. The number of aryl methyl sites for hydroxylation is 2. The number of benzene rings is 1. The van der Waals surface area contributed by atoms with E-state index in [1.807, 2.05) is 46.4 Å². The van der Waals surface area contributed by atoms with Crippen LogP contribution in [0.3, 0.4) is 0 Å². The molecule has 2 atom stereocenters. The number of amides is 1. The van der Waals surface area contributed by atoms with Crippen LogP contribution in [0.5, 0.6) is 0 Å². The third-order valence-corrected chi connectivity index (χ3v) is 7.94. The fraction of sp³-hybridized carbons (Fsp3) is 0.400. The topological polar surface area (TPSA) is 117 Å². The molecule has 1 aliphatic rings. The molecule has 220 valence electrons. The molecule has 4 aromatic rings. The molecule has 0 unspecified atom stereocenters. The summed E-state index contributed by atoms with van der Waals surface area (Å²) >= 11 is 6.77. The van der Waals surface area contributed by atoms with E-state index < -0.39 is 17.6 Å². The Labute approximate surface area is 247 Å². The minimum Gasteiger partial charge on any atom is -0.465 e. The Morgan fingerprint density at radius 1 is 1.12 bits per heavy atom. The number of hydrogen-bond acceptors (Lipinski definition) is 7. The largest absolute Gasteiger partial charge is 0.465 e. The molecular formula is C30H33ClFN7O3. The van der Waals surface area contributed by atoms with Crippen LogP contribution in [0, 0.1) is 12.7 Å². The van der Waals surface area contributed by atoms with Gasteiger partial charge < -0.3 is 14.9 Å². The van der Waals surface area contributed by atoms with Crippen LogP contribution in [0.25, 0.3) is 28.0 Å². The second-order valence-electron chi connectivity index (χ2n) is 11.0. The van der Waals surface area contributed by atoms with Crippen LogP contribution in [0.1, 0.15) is 57.7 Å². The smallest absolute Gasteiger partial charge is 0.407 e. The number of aromatic nitrogens is 5. The van der Waals surface area contributed by atoms with Crippen LogP contribution in [0.4, 0.5) is 15.0 Å². The average Bonchev–Trinajstić information content (AvgIpc) is 2.94. The normalized spacial score (nSPS) is 17.4. The van der Waals surface area contributed by atoms with Gasteiger partial charge in [0, 0.05) is 37.2 Å². The lowest BCUT2D eigenvalue weighted by Gasteiger charge is -2.43. The van der Waals surface area contributed by atoms with Crippen molar-refractivity contribution in [2.75, 3.05) is 18.0 Å². The highest BCUT2D eigenvalue weighted by Gasteiger charge is 2.35. The van der Waals surface area contributed by atoms with Crippen LogP contribution in [-0.2, 0) is 6.42 Å². The van der Waals surface area contributed by atoms with Crippen molar-refractivity contribution in [3.63, 3.8) is 0 Å². The van der Waals surface area contributed by atoms with E-state index in [0.717, 1.165) is 0 Å². The van der Waals surface area contributed by atoms with E-state index >= 15 is 0 Å². The maximum Gasteiger partial charge on any atom is 0.407 e. The van der Waals surface area contributed by atoms with Crippen molar-refractivity contribution in [2.45, 2.75) is 66.0 Å². The summed E-state index contributed by atoms with van der Waals surface area (Å²) in [5, 5.41) is 10.3. The Hall–Kier alpha value is -4.12. The summed E-state index contributed by atoms with van der Waals surface area (Å²) in [7, 11) is 0. The molecule has 1 amide bonds. The number of anilines is 1. The van der Waals surface area contributed by atoms with Crippen molar-refractivity contribution in [3.05, 3.63) is 68.9 Å². The van der Waals surface area contributed by atoms with Gasteiger partial charge in [0.2, 0.25) is 0 Å². The number of rotatable bonds is 5. The lowest BCUT2D eigenvalue weighted by molar-refractivity contribution is 0.114. The zero-order valence-corrected chi connectivity index (χ0v) is 25.1. The third kappa shape index (κ3) is 5.06. The molecule has 0 bridgehead atoms. The Kier molecular flexibility index (Phi) is 7.89. The summed E-state index contributed by atoms with van der Waals surface area (Å²) in [5.41, 5.74) is 1.72. The summed E-state index contributed by atoms with van der Waals surface area (Å²) < 4.78 is 16.4. The van der Waals surface area contributed by atoms with Gasteiger partial charge in [-0.15, -0.1) is 0 Å². The molecule has 0 spiro atoms. The molecule has 1 N–H and O–H groups in total. The van der Waals surface area contributed by atoms with Crippen molar-refractivity contribution in [3.8, 4) is 16.9 Å². The van der Waals surface area contributed by atoms with Gasteiger partial charge in [-0.05, 0) is 44.9 Å². The molecule has 0 radical (unpaired) electrons. The lowest BCUT2D eigenvalue weighted by Crippen LogP contribution is -2.58. The summed E-state index contributed by atoms with van der Waals surface area (Å²) in [5.74, 6) is 0.428. The second-order valence-corrected chi connectivity index (χ2v) is 11.4. The molecule has 5 rings (SSSR count). The van der Waals surface area contributed by atoms with E-state index in [0.29, 0.717) is 47.1 Å². The molecule has 1 aliphatic heterocycles. The molecule has 1 saturated heterocycles. The van der Waals surface area contributed by atoms with Gasteiger partial charge in [-0.25, -0.2) is 33.5 Å². The van der Waals surface area contributed by atoms with Gasteiger partial charge in [-0.3, -0.25) is 0 Å². The number of nitrogens with zero attached hydrogens (tertiary/aromatic N) is 7. The quantitative estimate of drug-likeness (QED) is 0.318. The van der Waals surface area contributed by atoms with Crippen molar-refractivity contribution in [2.24, 2.45) is 0 Å². The van der Waals surface area contributed by atoms with Crippen molar-refractivity contribution < 1.29 is 14.3 Å². The minimum atomic E-state index is -1.01. The first kappa shape index (κ1) is 29.4. The fourth-order valence-electron chi connectivity index (χ4n) is 5.54. The van der Waals surface area contributed by atoms with Crippen LogP contribution < -0.4 is 10.6 Å². The number of piperazine rings is 1. The predicted octanol–water partition coefficient (Wildman–Crippen LogP) is 5.60. The summed E-state index contributed by atoms with van der Waals surface area (Å²) in [4.78, 5) is 47.9. The molecule has 10 nitrogen and oxygen atoms in total. The van der Waals surface area contributed by atoms with Gasteiger partial charge in [0.15, 0.2) is 5.65 Å². The zero-order valence-electron chi connectivity index (χ0n) is 24.4. The highest BCUT2D eigenvalue weighted by atomic mass is 35.5. The first-order valence-electron chi connectivity index (χ1n) is 13.9. The number of pyridine rings is 1. The maximum atomic E-state index is 15.0. The molecule has 0 saturated carbocycles. The van der Waals surface area contributed by atoms with E-state index in [-0.39, 0.29) is 46.5 Å². The third-order valence-electron chi connectivity index (χ3n) is 7.65. The van der Waals surface area contributed by atoms with Gasteiger partial charge in [-0.1, -0.05) is 44.5 Å². The zero-order chi connectivity index (χ0) is 30.5. The van der Waals surface area contributed by atoms with Gasteiger partial charge in [-0.2, -0.15) is 4.98 Å². The average molecular weight is 594 g/mol. The molecule has 0 aliphatic carbocycles. The van der Waals surface area contributed by atoms with Crippen LogP contribution in [-0.4, -0.2) is 65.8 Å². The van der Waals surface area contributed by atoms with E-state index in [1.54, 1.807) is 24.3 Å². The highest BCUT2D eigenvalue weighted by Crippen LogP contribution is 2.36. The van der Waals surface area contributed by atoms with E-state index in [2.05, 4.69) is 9.97 Å². The first-order valence-corrected chi connectivity index (χ1v) is 14.3. The monoisotopic (exact) mass is 593 g/mol. The molecule has 12 heteroatoms. The van der Waals surface area contributed by atoms with E-state index in [9.17, 15) is 19.1 Å². The molecule has 42 heavy (non-hydrogen) atoms. The highest BCUT2D eigenvalue weighted by molar-refractivity contribution is 6.33. The summed E-state index contributed by atoms with van der Waals surface area (Å²) in [6, 6.07) is 7.17. The van der Waals surface area contributed by atoms with Gasteiger partial charge >= 0.3 is 11.8 Å². The standard InChI is InChI=1S/C30H33ClFN7O3/c1-7-23-33-18(6)26(24(34-23)15(2)3)39-28-20(12-21(31)25(35-28)19-10-8-9-11-22(19)32)27(36-29(39)40)37-13-17(5)38(30(41)42)14-16(37)4/h8-12,15-17H,7,13-14H2,1-6H3,(H,41,42)/t16-,17+/m0/s1. The second kappa shape index (κ2) is 11.3. The molecule has 3 aromatic heterocycles. The number of carbonyl (C=O) groups is 1. The van der Waals surface area contributed by atoms with Crippen LogP contribution >= 0.6 is 11.6 Å². The summed E-state index contributed by atoms with van der Waals surface area (Å²) in [6.07, 6.45) is -0.383. The molecule has 1 fully saturated rings. The minimum absolute atomic E-state index is 0.0584. The maximum absolute atomic E-state index is 15.0. The first-order chi connectivity index (χ1) is 19.9. The Bertz CT molecular complexity index is 1760. The summed E-state index contributed by atoms with van der Waals surface area (Å²) in [6.45, 7) is 12.0. The van der Waals surface area contributed by atoms with Gasteiger partial charge in [0.05, 0.1) is 33.2 Å². The van der Waals surface area contributed by atoms with Gasteiger partial charge in [0.25, 0.3) is 0 Å². The fourth-order valence-corrected chi connectivity index (χ4v) is 5.80. The predicted molar refractivity (Wildman–Crippen MR) is 160 cm³/mol. The van der Waals surface area contributed by atoms with Gasteiger partial charge in [0.1, 0.15) is 17.5 Å². The number of carboxylic acid groups (broad SMARTS) is 1. The molecule has 1 aromatic carbocycles. The van der Waals surface area contributed by atoms with E-state index in [1.165, 1.54) is 15.5 Å². The number of hydrogen-bond donors (Lipinski definition) is 1. The SMILES string of the molecule is CCc1nc(C)c(-n2c(=O)nc(N3C[C@@H](C)N(C(=O)O)C[C@@H]3C)c3cc(Cl)c(-c4ccccc4F)nc32)c(C(C)C)n1. The van der Waals surface area contributed by atoms with Crippen molar-refractivity contribution >= 4 is 34.5 Å². The van der Waals surface area contributed by atoms with Crippen LogP contribution in [0.2, 0.25) is 5.02 Å². The van der Waals surface area contributed by atoms with E-state index in [4.69, 9.17) is 21.6 Å².